The van der Waals surface area contributed by atoms with Gasteiger partial charge in [-0.1, -0.05) is 41.4 Å². The Kier molecular flexibility index (Phi) is 4.76. The third-order valence-electron chi connectivity index (χ3n) is 2.28. The maximum Gasteiger partial charge on any atom is 0.0648 e. The second-order valence-electron chi connectivity index (χ2n) is 3.28. The van der Waals surface area contributed by atoms with Crippen molar-refractivity contribution < 1.29 is 0 Å². The molecule has 0 bridgehead atoms. The summed E-state index contributed by atoms with van der Waals surface area (Å²) in [5.74, 6) is 0. The second kappa shape index (κ2) is 5.62. The molecule has 1 rings (SSSR count). The Labute approximate surface area is 99.0 Å². The standard InChI is InChI=1S/C11H15BrClN/c1-3-9(4-2)14-11-6-5-8(12)7-10(11)13/h5-7,9,14H,3-4H2,1-2H3. The molecule has 3 heteroatoms. The molecule has 0 aromatic heterocycles. The summed E-state index contributed by atoms with van der Waals surface area (Å²) >= 11 is 9.48. The van der Waals surface area contributed by atoms with E-state index in [9.17, 15) is 0 Å². The van der Waals surface area contributed by atoms with Crippen LogP contribution in [0.2, 0.25) is 5.02 Å². The SMILES string of the molecule is CCC(CC)Nc1ccc(Br)cc1Cl. The van der Waals surface area contributed by atoms with Gasteiger partial charge in [0, 0.05) is 10.5 Å². The molecular formula is C11H15BrClN. The molecule has 1 nitrogen and oxygen atoms in total. The van der Waals surface area contributed by atoms with Crippen LogP contribution < -0.4 is 5.32 Å². The Morgan fingerprint density at radius 2 is 2.00 bits per heavy atom. The molecule has 14 heavy (non-hydrogen) atoms. The predicted octanol–water partition coefficient (Wildman–Crippen LogP) is 4.70. The summed E-state index contributed by atoms with van der Waals surface area (Å²) in [6.07, 6.45) is 2.23. The molecule has 0 unspecified atom stereocenters. The van der Waals surface area contributed by atoms with Gasteiger partial charge >= 0.3 is 0 Å². The maximum absolute atomic E-state index is 6.10. The molecule has 0 atom stereocenters. The number of rotatable bonds is 4. The molecule has 0 aliphatic rings. The molecule has 1 aromatic carbocycles. The lowest BCUT2D eigenvalue weighted by Gasteiger charge is -2.17. The van der Waals surface area contributed by atoms with E-state index in [4.69, 9.17) is 11.6 Å². The third-order valence-corrected chi connectivity index (χ3v) is 3.08. The third kappa shape index (κ3) is 3.18. The summed E-state index contributed by atoms with van der Waals surface area (Å²) in [5, 5.41) is 4.19. The van der Waals surface area contributed by atoms with Gasteiger partial charge in [-0.15, -0.1) is 0 Å². The molecular weight excluding hydrogens is 261 g/mol. The highest BCUT2D eigenvalue weighted by atomic mass is 79.9. The van der Waals surface area contributed by atoms with Crippen molar-refractivity contribution in [3.8, 4) is 0 Å². The first kappa shape index (κ1) is 11.9. The summed E-state index contributed by atoms with van der Waals surface area (Å²) in [4.78, 5) is 0. The van der Waals surface area contributed by atoms with Crippen molar-refractivity contribution >= 4 is 33.2 Å². The number of nitrogens with one attached hydrogen (secondary N) is 1. The number of hydrogen-bond acceptors (Lipinski definition) is 1. The molecule has 0 aliphatic carbocycles. The summed E-state index contributed by atoms with van der Waals surface area (Å²) in [6, 6.07) is 6.42. The molecule has 0 amide bonds. The van der Waals surface area contributed by atoms with E-state index in [1.807, 2.05) is 18.2 Å². The molecule has 0 saturated carbocycles. The monoisotopic (exact) mass is 275 g/mol. The normalized spacial score (nSPS) is 10.6. The van der Waals surface area contributed by atoms with Gasteiger partial charge in [0.1, 0.15) is 0 Å². The van der Waals surface area contributed by atoms with Gasteiger partial charge in [0.25, 0.3) is 0 Å². The van der Waals surface area contributed by atoms with Gasteiger partial charge in [0.2, 0.25) is 0 Å². The Morgan fingerprint density at radius 3 is 2.50 bits per heavy atom. The highest BCUT2D eigenvalue weighted by Crippen LogP contribution is 2.26. The van der Waals surface area contributed by atoms with E-state index in [1.165, 1.54) is 0 Å². The lowest BCUT2D eigenvalue weighted by molar-refractivity contribution is 0.672. The van der Waals surface area contributed by atoms with Crippen LogP contribution in [0.3, 0.4) is 0 Å². The quantitative estimate of drug-likeness (QED) is 0.840. The van der Waals surface area contributed by atoms with E-state index in [0.717, 1.165) is 28.0 Å². The van der Waals surface area contributed by atoms with Crippen molar-refractivity contribution in [3.05, 3.63) is 27.7 Å². The van der Waals surface area contributed by atoms with E-state index >= 15 is 0 Å². The second-order valence-corrected chi connectivity index (χ2v) is 4.60. The number of halogens is 2. The van der Waals surface area contributed by atoms with Crippen LogP contribution in [0.4, 0.5) is 5.69 Å². The van der Waals surface area contributed by atoms with Crippen LogP contribution in [-0.4, -0.2) is 6.04 Å². The van der Waals surface area contributed by atoms with Crippen LogP contribution in [0, 0.1) is 0 Å². The molecule has 0 spiro atoms. The molecule has 1 N–H and O–H groups in total. The molecule has 0 saturated heterocycles. The van der Waals surface area contributed by atoms with Crippen molar-refractivity contribution in [2.45, 2.75) is 32.7 Å². The smallest absolute Gasteiger partial charge is 0.0648 e. The van der Waals surface area contributed by atoms with Crippen molar-refractivity contribution in [1.29, 1.82) is 0 Å². The number of hydrogen-bond donors (Lipinski definition) is 1. The molecule has 0 aliphatic heterocycles. The fourth-order valence-electron chi connectivity index (χ4n) is 1.32. The first-order valence-corrected chi connectivity index (χ1v) is 6.06. The van der Waals surface area contributed by atoms with Crippen LogP contribution in [0.1, 0.15) is 26.7 Å². The number of benzene rings is 1. The molecule has 0 fully saturated rings. The Morgan fingerprint density at radius 1 is 1.36 bits per heavy atom. The Balaban J connectivity index is 2.76. The van der Waals surface area contributed by atoms with E-state index < -0.39 is 0 Å². The van der Waals surface area contributed by atoms with Gasteiger partial charge in [-0.05, 0) is 31.0 Å². The van der Waals surface area contributed by atoms with E-state index in [-0.39, 0.29) is 0 Å². The van der Waals surface area contributed by atoms with Crippen LogP contribution in [0.25, 0.3) is 0 Å². The molecule has 78 valence electrons. The van der Waals surface area contributed by atoms with Gasteiger partial charge in [-0.2, -0.15) is 0 Å². The first-order valence-electron chi connectivity index (χ1n) is 4.89. The van der Waals surface area contributed by atoms with Gasteiger partial charge in [0.05, 0.1) is 10.7 Å². The van der Waals surface area contributed by atoms with Gasteiger partial charge < -0.3 is 5.32 Å². The minimum Gasteiger partial charge on any atom is -0.381 e. The van der Waals surface area contributed by atoms with E-state index in [2.05, 4.69) is 35.1 Å². The topological polar surface area (TPSA) is 12.0 Å². The lowest BCUT2D eigenvalue weighted by atomic mass is 10.1. The molecule has 0 radical (unpaired) electrons. The average Bonchev–Trinajstić information content (AvgIpc) is 2.17. The number of anilines is 1. The first-order chi connectivity index (χ1) is 6.67. The summed E-state index contributed by atoms with van der Waals surface area (Å²) in [6.45, 7) is 4.35. The Bertz CT molecular complexity index is 297. The fourth-order valence-corrected chi connectivity index (χ4v) is 2.05. The lowest BCUT2D eigenvalue weighted by Crippen LogP contribution is -2.17. The van der Waals surface area contributed by atoms with Gasteiger partial charge in [-0.3, -0.25) is 0 Å². The highest BCUT2D eigenvalue weighted by Gasteiger charge is 2.05. The van der Waals surface area contributed by atoms with Crippen molar-refractivity contribution in [1.82, 2.24) is 0 Å². The summed E-state index contributed by atoms with van der Waals surface area (Å²) in [7, 11) is 0. The van der Waals surface area contributed by atoms with E-state index in [1.54, 1.807) is 0 Å². The minimum absolute atomic E-state index is 0.508. The molecule has 1 aromatic rings. The fraction of sp³-hybridized carbons (Fsp3) is 0.455. The van der Waals surface area contributed by atoms with Gasteiger partial charge in [-0.25, -0.2) is 0 Å². The predicted molar refractivity (Wildman–Crippen MR) is 67.1 cm³/mol. The van der Waals surface area contributed by atoms with Crippen molar-refractivity contribution in [2.24, 2.45) is 0 Å². The van der Waals surface area contributed by atoms with Crippen LogP contribution in [0.15, 0.2) is 22.7 Å². The maximum atomic E-state index is 6.10. The van der Waals surface area contributed by atoms with Crippen LogP contribution >= 0.6 is 27.5 Å². The highest BCUT2D eigenvalue weighted by molar-refractivity contribution is 9.10. The zero-order valence-electron chi connectivity index (χ0n) is 8.48. The summed E-state index contributed by atoms with van der Waals surface area (Å²) in [5.41, 5.74) is 1.02. The van der Waals surface area contributed by atoms with Crippen LogP contribution in [0.5, 0.6) is 0 Å². The zero-order valence-corrected chi connectivity index (χ0v) is 10.8. The van der Waals surface area contributed by atoms with Crippen molar-refractivity contribution in [2.75, 3.05) is 5.32 Å². The largest absolute Gasteiger partial charge is 0.381 e. The Hall–Kier alpha value is -0.210. The van der Waals surface area contributed by atoms with Gasteiger partial charge in [0.15, 0.2) is 0 Å². The van der Waals surface area contributed by atoms with E-state index in [0.29, 0.717) is 6.04 Å². The molecule has 0 heterocycles. The minimum atomic E-state index is 0.508. The summed E-state index contributed by atoms with van der Waals surface area (Å²) < 4.78 is 1.01. The van der Waals surface area contributed by atoms with Crippen molar-refractivity contribution in [3.63, 3.8) is 0 Å². The zero-order chi connectivity index (χ0) is 10.6. The average molecular weight is 277 g/mol. The van der Waals surface area contributed by atoms with Crippen LogP contribution in [-0.2, 0) is 0 Å².